The van der Waals surface area contributed by atoms with Crippen molar-refractivity contribution in [3.05, 3.63) is 29.8 Å². The van der Waals surface area contributed by atoms with Crippen LogP contribution in [-0.4, -0.2) is 13.0 Å². The van der Waals surface area contributed by atoms with E-state index in [9.17, 15) is 8.42 Å². The highest BCUT2D eigenvalue weighted by Gasteiger charge is 2.16. The van der Waals surface area contributed by atoms with Crippen LogP contribution in [0.5, 0.6) is 0 Å². The number of benzene rings is 1. The molecule has 0 heterocycles. The minimum Gasteiger partial charge on any atom is -0.282 e. The lowest BCUT2D eigenvalue weighted by molar-refractivity contribution is 0.482. The fourth-order valence-corrected chi connectivity index (χ4v) is 1.65. The largest absolute Gasteiger partial charge is 0.294 e. The van der Waals surface area contributed by atoms with Crippen LogP contribution in [0.4, 0.5) is 0 Å². The summed E-state index contributed by atoms with van der Waals surface area (Å²) in [6.45, 7) is 5.95. The summed E-state index contributed by atoms with van der Waals surface area (Å²) in [5, 5.41) is 0. The third kappa shape index (κ3) is 2.56. The Hall–Kier alpha value is -0.870. The van der Waals surface area contributed by atoms with Crippen molar-refractivity contribution in [3.63, 3.8) is 0 Å². The SMILES string of the molecule is CC(C)(C)c1cccc(S(=O)(=O)O)c1. The monoisotopic (exact) mass is 214 g/mol. The van der Waals surface area contributed by atoms with Gasteiger partial charge in [0.25, 0.3) is 10.1 Å². The first-order valence-electron chi connectivity index (χ1n) is 4.29. The molecule has 1 aromatic rings. The molecule has 78 valence electrons. The molecular formula is C10H14O3S. The van der Waals surface area contributed by atoms with Crippen LogP contribution in [0.3, 0.4) is 0 Å². The van der Waals surface area contributed by atoms with Crippen LogP contribution < -0.4 is 0 Å². The van der Waals surface area contributed by atoms with Crippen molar-refractivity contribution in [1.82, 2.24) is 0 Å². The smallest absolute Gasteiger partial charge is 0.282 e. The van der Waals surface area contributed by atoms with E-state index in [4.69, 9.17) is 4.55 Å². The zero-order valence-electron chi connectivity index (χ0n) is 8.48. The van der Waals surface area contributed by atoms with Crippen LogP contribution in [-0.2, 0) is 15.5 Å². The van der Waals surface area contributed by atoms with Crippen molar-refractivity contribution in [2.75, 3.05) is 0 Å². The summed E-state index contributed by atoms with van der Waals surface area (Å²) in [6, 6.07) is 6.35. The molecule has 0 amide bonds. The van der Waals surface area contributed by atoms with Gasteiger partial charge in [-0.05, 0) is 23.1 Å². The van der Waals surface area contributed by atoms with Gasteiger partial charge in [0, 0.05) is 0 Å². The van der Waals surface area contributed by atoms with Gasteiger partial charge in [0.05, 0.1) is 4.90 Å². The van der Waals surface area contributed by atoms with Crippen LogP contribution >= 0.6 is 0 Å². The maximum atomic E-state index is 10.9. The molecule has 1 aromatic carbocycles. The molecule has 0 spiro atoms. The van der Waals surface area contributed by atoms with E-state index in [0.29, 0.717) is 0 Å². The molecule has 0 unspecified atom stereocenters. The molecule has 0 fully saturated rings. The third-order valence-electron chi connectivity index (χ3n) is 2.00. The summed E-state index contributed by atoms with van der Waals surface area (Å²) in [5.74, 6) is 0. The summed E-state index contributed by atoms with van der Waals surface area (Å²) in [4.78, 5) is -0.0510. The maximum absolute atomic E-state index is 10.9. The molecule has 0 saturated carbocycles. The van der Waals surface area contributed by atoms with Gasteiger partial charge >= 0.3 is 0 Å². The van der Waals surface area contributed by atoms with Gasteiger partial charge in [-0.3, -0.25) is 4.55 Å². The van der Waals surface area contributed by atoms with E-state index in [1.165, 1.54) is 12.1 Å². The highest BCUT2D eigenvalue weighted by molar-refractivity contribution is 7.85. The van der Waals surface area contributed by atoms with Crippen molar-refractivity contribution >= 4 is 10.1 Å². The molecule has 1 N–H and O–H groups in total. The first-order chi connectivity index (χ1) is 6.21. The molecule has 0 aliphatic heterocycles. The highest BCUT2D eigenvalue weighted by atomic mass is 32.2. The Bertz CT molecular complexity index is 427. The summed E-state index contributed by atoms with van der Waals surface area (Å²) in [7, 11) is -4.09. The highest BCUT2D eigenvalue weighted by Crippen LogP contribution is 2.24. The Kier molecular flexibility index (Phi) is 2.69. The van der Waals surface area contributed by atoms with E-state index in [1.54, 1.807) is 6.07 Å². The first-order valence-corrected chi connectivity index (χ1v) is 5.73. The number of hydrogen-bond acceptors (Lipinski definition) is 2. The van der Waals surface area contributed by atoms with Crippen molar-refractivity contribution in [3.8, 4) is 0 Å². The zero-order valence-corrected chi connectivity index (χ0v) is 9.30. The van der Waals surface area contributed by atoms with Gasteiger partial charge in [-0.25, -0.2) is 0 Å². The van der Waals surface area contributed by atoms with Crippen molar-refractivity contribution in [1.29, 1.82) is 0 Å². The van der Waals surface area contributed by atoms with E-state index in [2.05, 4.69) is 0 Å². The van der Waals surface area contributed by atoms with E-state index < -0.39 is 10.1 Å². The van der Waals surface area contributed by atoms with Gasteiger partial charge in [-0.2, -0.15) is 8.42 Å². The van der Waals surface area contributed by atoms with Gasteiger partial charge in [0.2, 0.25) is 0 Å². The average molecular weight is 214 g/mol. The second kappa shape index (κ2) is 3.37. The zero-order chi connectivity index (χ0) is 11.0. The molecule has 0 aliphatic carbocycles. The van der Waals surface area contributed by atoms with Crippen molar-refractivity contribution in [2.24, 2.45) is 0 Å². The Morgan fingerprint density at radius 3 is 2.21 bits per heavy atom. The Labute approximate surface area is 84.5 Å². The molecule has 0 radical (unpaired) electrons. The summed E-state index contributed by atoms with van der Waals surface area (Å²) >= 11 is 0. The minimum absolute atomic E-state index is 0.0510. The standard InChI is InChI=1S/C10H14O3S/c1-10(2,3)8-5-4-6-9(7-8)14(11,12)13/h4-7H,1-3H3,(H,11,12,13). The predicted molar refractivity (Wildman–Crippen MR) is 55.0 cm³/mol. The van der Waals surface area contributed by atoms with E-state index in [1.807, 2.05) is 26.8 Å². The van der Waals surface area contributed by atoms with Crippen LogP contribution in [0, 0.1) is 0 Å². The Morgan fingerprint density at radius 1 is 1.21 bits per heavy atom. The van der Waals surface area contributed by atoms with Crippen LogP contribution in [0.15, 0.2) is 29.2 Å². The van der Waals surface area contributed by atoms with Gasteiger partial charge in [0.1, 0.15) is 0 Å². The Balaban J connectivity index is 3.29. The second-order valence-corrected chi connectivity index (χ2v) is 5.67. The fourth-order valence-electron chi connectivity index (χ4n) is 1.12. The molecule has 0 aliphatic rings. The van der Waals surface area contributed by atoms with E-state index in [-0.39, 0.29) is 10.3 Å². The Morgan fingerprint density at radius 2 is 1.79 bits per heavy atom. The van der Waals surface area contributed by atoms with Crippen molar-refractivity contribution in [2.45, 2.75) is 31.1 Å². The second-order valence-electron chi connectivity index (χ2n) is 4.25. The lowest BCUT2D eigenvalue weighted by Gasteiger charge is -2.19. The van der Waals surface area contributed by atoms with E-state index in [0.717, 1.165) is 5.56 Å². The maximum Gasteiger partial charge on any atom is 0.294 e. The molecule has 0 atom stereocenters. The average Bonchev–Trinajstić information content (AvgIpc) is 2.01. The number of hydrogen-bond donors (Lipinski definition) is 1. The molecule has 4 heteroatoms. The van der Waals surface area contributed by atoms with Crippen molar-refractivity contribution < 1.29 is 13.0 Å². The quantitative estimate of drug-likeness (QED) is 0.729. The molecule has 0 bridgehead atoms. The summed E-state index contributed by atoms with van der Waals surface area (Å²) < 4.78 is 30.6. The van der Waals surface area contributed by atoms with Gasteiger partial charge < -0.3 is 0 Å². The van der Waals surface area contributed by atoms with Crippen LogP contribution in [0.25, 0.3) is 0 Å². The summed E-state index contributed by atoms with van der Waals surface area (Å²) in [5.41, 5.74) is 0.758. The predicted octanol–water partition coefficient (Wildman–Crippen LogP) is 2.23. The normalized spacial score (nSPS) is 12.9. The molecule has 0 aromatic heterocycles. The van der Waals surface area contributed by atoms with Gasteiger partial charge in [-0.1, -0.05) is 32.9 Å². The number of rotatable bonds is 1. The molecule has 3 nitrogen and oxygen atoms in total. The molecule has 0 saturated heterocycles. The summed E-state index contributed by atoms with van der Waals surface area (Å²) in [6.07, 6.45) is 0. The lowest BCUT2D eigenvalue weighted by atomic mass is 9.87. The van der Waals surface area contributed by atoms with Gasteiger partial charge in [0.15, 0.2) is 0 Å². The van der Waals surface area contributed by atoms with Crippen LogP contribution in [0.1, 0.15) is 26.3 Å². The topological polar surface area (TPSA) is 54.4 Å². The molecule has 1 rings (SSSR count). The van der Waals surface area contributed by atoms with Gasteiger partial charge in [-0.15, -0.1) is 0 Å². The van der Waals surface area contributed by atoms with E-state index >= 15 is 0 Å². The lowest BCUT2D eigenvalue weighted by Crippen LogP contribution is -2.12. The molecule has 14 heavy (non-hydrogen) atoms. The minimum atomic E-state index is -4.09. The third-order valence-corrected chi connectivity index (χ3v) is 2.85. The molecular weight excluding hydrogens is 200 g/mol. The fraction of sp³-hybridized carbons (Fsp3) is 0.400. The first kappa shape index (κ1) is 11.2. The van der Waals surface area contributed by atoms with Crippen LogP contribution in [0.2, 0.25) is 0 Å².